The number of alkyl halides is 3. The third kappa shape index (κ3) is 3.92. The molecule has 0 fully saturated rings. The maximum Gasteiger partial charge on any atom is 0.427 e. The summed E-state index contributed by atoms with van der Waals surface area (Å²) in [5.74, 6) is -4.30. The van der Waals surface area contributed by atoms with Gasteiger partial charge in [-0.25, -0.2) is 0 Å². The van der Waals surface area contributed by atoms with Gasteiger partial charge in [0, 0.05) is 12.0 Å². The average molecular weight is 283 g/mol. The molecule has 7 heteroatoms. The highest BCUT2D eigenvalue weighted by Crippen LogP contribution is 2.37. The van der Waals surface area contributed by atoms with Gasteiger partial charge in [-0.05, 0) is 20.8 Å². The van der Waals surface area contributed by atoms with Crippen molar-refractivity contribution in [1.29, 1.82) is 0 Å². The highest BCUT2D eigenvalue weighted by Gasteiger charge is 2.64. The molecule has 0 aliphatic carbocycles. The summed E-state index contributed by atoms with van der Waals surface area (Å²) in [6.45, 7) is 6.72. The lowest BCUT2D eigenvalue weighted by Crippen LogP contribution is -2.64. The van der Waals surface area contributed by atoms with Gasteiger partial charge >= 0.3 is 6.18 Å². The number of amides is 1. The first-order chi connectivity index (χ1) is 8.27. The predicted octanol–water partition coefficient (Wildman–Crippen LogP) is 1.81. The van der Waals surface area contributed by atoms with Crippen molar-refractivity contribution in [2.45, 2.75) is 58.4 Å². The van der Waals surface area contributed by atoms with E-state index in [9.17, 15) is 27.9 Å². The molecule has 0 aliphatic rings. The molecule has 1 amide bonds. The first-order valence-corrected chi connectivity index (χ1v) is 5.91. The first-order valence-electron chi connectivity index (χ1n) is 5.91. The minimum absolute atomic E-state index is 0.192. The molecule has 2 unspecified atom stereocenters. The lowest BCUT2D eigenvalue weighted by atomic mass is 9.82. The Labute approximate surface area is 110 Å². The van der Waals surface area contributed by atoms with Gasteiger partial charge in [-0.15, -0.1) is 0 Å². The van der Waals surface area contributed by atoms with Crippen molar-refractivity contribution >= 4 is 11.7 Å². The van der Waals surface area contributed by atoms with Gasteiger partial charge in [0.05, 0.1) is 5.92 Å². The Morgan fingerprint density at radius 3 is 1.89 bits per heavy atom. The monoisotopic (exact) mass is 283 g/mol. The van der Waals surface area contributed by atoms with Gasteiger partial charge in [0.2, 0.25) is 5.60 Å². The Bertz CT molecular complexity index is 360. The average Bonchev–Trinajstić information content (AvgIpc) is 2.21. The van der Waals surface area contributed by atoms with Crippen LogP contribution in [0, 0.1) is 5.92 Å². The standard InChI is InChI=1S/C12H20F3NO3/c1-6-8(17)7(2)11(19,12(13,14)15)9(18)16-10(3,4)5/h7,19H,6H2,1-5H3,(H,16,18). The van der Waals surface area contributed by atoms with E-state index in [1.54, 1.807) is 0 Å². The zero-order chi connectivity index (χ0) is 15.6. The fourth-order valence-corrected chi connectivity index (χ4v) is 1.55. The van der Waals surface area contributed by atoms with Gasteiger partial charge in [0.15, 0.2) is 0 Å². The molecule has 0 aromatic heterocycles. The molecule has 0 aliphatic heterocycles. The van der Waals surface area contributed by atoms with Crippen LogP contribution in [0.15, 0.2) is 0 Å². The molecule has 0 heterocycles. The number of carbonyl (C=O) groups is 2. The van der Waals surface area contributed by atoms with Gasteiger partial charge in [-0.2, -0.15) is 13.2 Å². The van der Waals surface area contributed by atoms with Crippen molar-refractivity contribution in [3.05, 3.63) is 0 Å². The van der Waals surface area contributed by atoms with E-state index < -0.39 is 34.9 Å². The van der Waals surface area contributed by atoms with Crippen molar-refractivity contribution in [1.82, 2.24) is 5.32 Å². The smallest absolute Gasteiger partial charge is 0.372 e. The molecule has 112 valence electrons. The fourth-order valence-electron chi connectivity index (χ4n) is 1.55. The molecule has 2 atom stereocenters. The Morgan fingerprint density at radius 2 is 1.63 bits per heavy atom. The number of aliphatic hydroxyl groups is 1. The molecule has 19 heavy (non-hydrogen) atoms. The molecule has 0 bridgehead atoms. The minimum atomic E-state index is -5.23. The number of hydrogen-bond acceptors (Lipinski definition) is 3. The van der Waals surface area contributed by atoms with Crippen LogP contribution in [0.4, 0.5) is 13.2 Å². The quantitative estimate of drug-likeness (QED) is 0.827. The highest BCUT2D eigenvalue weighted by atomic mass is 19.4. The van der Waals surface area contributed by atoms with Gasteiger partial charge in [-0.3, -0.25) is 9.59 Å². The minimum Gasteiger partial charge on any atom is -0.372 e. The predicted molar refractivity (Wildman–Crippen MR) is 63.4 cm³/mol. The fraction of sp³-hybridized carbons (Fsp3) is 0.833. The Hall–Kier alpha value is -1.11. The number of Topliss-reactive ketones (excluding diaryl/α,β-unsaturated/α-hetero) is 1. The van der Waals surface area contributed by atoms with Crippen LogP contribution in [0.3, 0.4) is 0 Å². The van der Waals surface area contributed by atoms with E-state index in [1.807, 2.05) is 0 Å². The molecule has 2 N–H and O–H groups in total. The molecule has 0 rings (SSSR count). The van der Waals surface area contributed by atoms with Crippen molar-refractivity contribution < 1.29 is 27.9 Å². The van der Waals surface area contributed by atoms with E-state index >= 15 is 0 Å². The second kappa shape index (κ2) is 5.48. The van der Waals surface area contributed by atoms with E-state index in [0.717, 1.165) is 6.92 Å². The number of hydrogen-bond donors (Lipinski definition) is 2. The number of carbonyl (C=O) groups excluding carboxylic acids is 2. The summed E-state index contributed by atoms with van der Waals surface area (Å²) >= 11 is 0. The van der Waals surface area contributed by atoms with E-state index in [4.69, 9.17) is 0 Å². The SMILES string of the molecule is CCC(=O)C(C)C(O)(C(=O)NC(C)(C)C)C(F)(F)F. The van der Waals surface area contributed by atoms with Crippen molar-refractivity contribution in [2.75, 3.05) is 0 Å². The summed E-state index contributed by atoms with van der Waals surface area (Å²) in [7, 11) is 0. The molecule has 0 saturated heterocycles. The van der Waals surface area contributed by atoms with Crippen LogP contribution in [0.1, 0.15) is 41.0 Å². The maximum absolute atomic E-state index is 13.0. The van der Waals surface area contributed by atoms with Crippen molar-refractivity contribution in [3.63, 3.8) is 0 Å². The molecule has 0 radical (unpaired) electrons. The number of ketones is 1. The van der Waals surface area contributed by atoms with Crippen LogP contribution in [0.25, 0.3) is 0 Å². The third-order valence-electron chi connectivity index (χ3n) is 2.72. The van der Waals surface area contributed by atoms with Crippen LogP contribution in [-0.4, -0.2) is 34.1 Å². The summed E-state index contributed by atoms with van der Waals surface area (Å²) in [6.07, 6.45) is -5.42. The summed E-state index contributed by atoms with van der Waals surface area (Å²) in [5, 5.41) is 11.9. The Balaban J connectivity index is 5.56. The second-order valence-electron chi connectivity index (χ2n) is 5.51. The third-order valence-corrected chi connectivity index (χ3v) is 2.72. The van der Waals surface area contributed by atoms with E-state index in [1.165, 1.54) is 27.7 Å². The summed E-state index contributed by atoms with van der Waals surface area (Å²) in [6, 6.07) is 0. The van der Waals surface area contributed by atoms with E-state index in [2.05, 4.69) is 5.32 Å². The van der Waals surface area contributed by atoms with Crippen LogP contribution in [0.5, 0.6) is 0 Å². The molecule has 0 spiro atoms. The number of rotatable bonds is 4. The zero-order valence-electron chi connectivity index (χ0n) is 11.7. The van der Waals surface area contributed by atoms with Crippen LogP contribution < -0.4 is 5.32 Å². The molecule has 0 aromatic rings. The largest absolute Gasteiger partial charge is 0.427 e. The summed E-state index contributed by atoms with van der Waals surface area (Å²) in [4.78, 5) is 23.2. The van der Waals surface area contributed by atoms with E-state index in [-0.39, 0.29) is 6.42 Å². The summed E-state index contributed by atoms with van der Waals surface area (Å²) in [5.41, 5.74) is -4.67. The Kier molecular flexibility index (Phi) is 5.16. The van der Waals surface area contributed by atoms with Gasteiger partial charge in [0.25, 0.3) is 5.91 Å². The highest BCUT2D eigenvalue weighted by molar-refractivity contribution is 5.94. The van der Waals surface area contributed by atoms with Gasteiger partial charge < -0.3 is 10.4 Å². The van der Waals surface area contributed by atoms with E-state index in [0.29, 0.717) is 0 Å². The summed E-state index contributed by atoms with van der Waals surface area (Å²) < 4.78 is 39.0. The first kappa shape index (κ1) is 17.9. The van der Waals surface area contributed by atoms with Crippen molar-refractivity contribution in [3.8, 4) is 0 Å². The normalized spacial score (nSPS) is 17.5. The van der Waals surface area contributed by atoms with Gasteiger partial charge in [0.1, 0.15) is 5.78 Å². The zero-order valence-corrected chi connectivity index (χ0v) is 11.7. The number of nitrogens with one attached hydrogen (secondary N) is 1. The number of halogens is 3. The maximum atomic E-state index is 13.0. The second-order valence-corrected chi connectivity index (χ2v) is 5.51. The molecular weight excluding hydrogens is 263 g/mol. The van der Waals surface area contributed by atoms with Crippen LogP contribution >= 0.6 is 0 Å². The molecule has 0 saturated carbocycles. The molecule has 4 nitrogen and oxygen atoms in total. The topological polar surface area (TPSA) is 66.4 Å². The van der Waals surface area contributed by atoms with Gasteiger partial charge in [-0.1, -0.05) is 13.8 Å². The molecular formula is C12H20F3NO3. The van der Waals surface area contributed by atoms with Crippen LogP contribution in [-0.2, 0) is 9.59 Å². The van der Waals surface area contributed by atoms with Crippen LogP contribution in [0.2, 0.25) is 0 Å². The molecule has 0 aromatic carbocycles. The Morgan fingerprint density at radius 1 is 1.21 bits per heavy atom. The lowest BCUT2D eigenvalue weighted by molar-refractivity contribution is -0.264. The van der Waals surface area contributed by atoms with Crippen molar-refractivity contribution in [2.24, 2.45) is 5.92 Å². The lowest BCUT2D eigenvalue weighted by Gasteiger charge is -2.36.